The van der Waals surface area contributed by atoms with E-state index in [0.29, 0.717) is 10.0 Å². The zero-order valence-corrected chi connectivity index (χ0v) is 13.6. The lowest BCUT2D eigenvalue weighted by atomic mass is 10.1. The summed E-state index contributed by atoms with van der Waals surface area (Å²) in [5.41, 5.74) is 0.481. The topological polar surface area (TPSA) is 88.5 Å². The number of nitrogens with zero attached hydrogens (tertiary/aromatic N) is 1. The van der Waals surface area contributed by atoms with E-state index >= 15 is 0 Å². The van der Waals surface area contributed by atoms with E-state index in [1.54, 1.807) is 12.3 Å². The van der Waals surface area contributed by atoms with Crippen molar-refractivity contribution in [3.63, 3.8) is 0 Å². The van der Waals surface area contributed by atoms with Crippen LogP contribution in [0, 0.1) is 0 Å². The van der Waals surface area contributed by atoms with Crippen molar-refractivity contribution >= 4 is 45.1 Å². The summed E-state index contributed by atoms with van der Waals surface area (Å²) in [6.45, 7) is 0. The van der Waals surface area contributed by atoms with E-state index in [4.69, 9.17) is 21.4 Å². The van der Waals surface area contributed by atoms with Gasteiger partial charge in [-0.1, -0.05) is 11.6 Å². The van der Waals surface area contributed by atoms with Crippen LogP contribution in [0.1, 0.15) is 20.7 Å². The number of anilines is 1. The number of pyridine rings is 1. The molecule has 1 aromatic carbocycles. The number of amides is 1. The molecule has 0 aliphatic heterocycles. The fourth-order valence-corrected chi connectivity index (χ4v) is 2.29. The van der Waals surface area contributed by atoms with Gasteiger partial charge in [0.05, 0.1) is 23.4 Å². The maximum absolute atomic E-state index is 12.1. The van der Waals surface area contributed by atoms with Gasteiger partial charge in [-0.3, -0.25) is 9.78 Å². The number of carbonyl (C=O) groups excluding carboxylic acids is 1. The molecule has 1 aromatic heterocycles. The van der Waals surface area contributed by atoms with Gasteiger partial charge in [0, 0.05) is 22.9 Å². The summed E-state index contributed by atoms with van der Waals surface area (Å²) >= 11 is 9.23. The summed E-state index contributed by atoms with van der Waals surface area (Å²) in [5, 5.41) is 11.7. The van der Waals surface area contributed by atoms with Gasteiger partial charge in [0.25, 0.3) is 5.91 Å². The van der Waals surface area contributed by atoms with Gasteiger partial charge in [0.2, 0.25) is 0 Å². The van der Waals surface area contributed by atoms with Crippen LogP contribution in [-0.2, 0) is 0 Å². The molecule has 1 heterocycles. The van der Waals surface area contributed by atoms with Crippen LogP contribution in [0.2, 0.25) is 5.02 Å². The molecule has 2 rings (SSSR count). The molecule has 0 aliphatic carbocycles. The molecular formula is C14H10BrClN2O4. The summed E-state index contributed by atoms with van der Waals surface area (Å²) < 4.78 is 5.66. The Kier molecular flexibility index (Phi) is 4.99. The van der Waals surface area contributed by atoms with Crippen molar-refractivity contribution in [1.82, 2.24) is 4.98 Å². The second-order valence-corrected chi connectivity index (χ2v) is 5.51. The third kappa shape index (κ3) is 3.55. The molecule has 0 atom stereocenters. The number of carboxylic acid groups (broad SMARTS) is 1. The molecule has 0 aliphatic rings. The molecule has 0 bridgehead atoms. The second-order valence-electron chi connectivity index (χ2n) is 4.18. The van der Waals surface area contributed by atoms with Crippen LogP contribution in [-0.4, -0.2) is 29.1 Å². The number of hydrogen-bond donors (Lipinski definition) is 2. The summed E-state index contributed by atoms with van der Waals surface area (Å²) in [4.78, 5) is 27.1. The molecule has 8 heteroatoms. The van der Waals surface area contributed by atoms with Crippen LogP contribution in [0.15, 0.2) is 35.1 Å². The highest BCUT2D eigenvalue weighted by Crippen LogP contribution is 2.31. The number of ether oxygens (including phenoxy) is 1. The number of hydrogen-bond acceptors (Lipinski definition) is 4. The predicted molar refractivity (Wildman–Crippen MR) is 84.9 cm³/mol. The number of halogens is 2. The van der Waals surface area contributed by atoms with Crippen LogP contribution < -0.4 is 10.1 Å². The van der Waals surface area contributed by atoms with Crippen molar-refractivity contribution in [3.05, 3.63) is 51.2 Å². The van der Waals surface area contributed by atoms with Crippen molar-refractivity contribution in [3.8, 4) is 5.75 Å². The first-order chi connectivity index (χ1) is 10.4. The molecule has 2 N–H and O–H groups in total. The summed E-state index contributed by atoms with van der Waals surface area (Å²) in [5.74, 6) is -1.51. The van der Waals surface area contributed by atoms with Crippen molar-refractivity contribution < 1.29 is 19.4 Å². The van der Waals surface area contributed by atoms with E-state index in [9.17, 15) is 9.59 Å². The van der Waals surface area contributed by atoms with Crippen LogP contribution in [0.25, 0.3) is 0 Å². The van der Waals surface area contributed by atoms with Gasteiger partial charge in [-0.05, 0) is 28.1 Å². The minimum atomic E-state index is -1.17. The fourth-order valence-electron chi connectivity index (χ4n) is 1.72. The number of aromatic carboxylic acids is 1. The zero-order valence-electron chi connectivity index (χ0n) is 11.3. The first-order valence-electron chi connectivity index (χ1n) is 5.95. The maximum atomic E-state index is 12.1. The van der Waals surface area contributed by atoms with E-state index < -0.39 is 11.9 Å². The van der Waals surface area contributed by atoms with Crippen LogP contribution in [0.5, 0.6) is 5.75 Å². The predicted octanol–water partition coefficient (Wildman–Crippen LogP) is 3.46. The van der Waals surface area contributed by atoms with Crippen molar-refractivity contribution in [2.45, 2.75) is 0 Å². The third-order valence-electron chi connectivity index (χ3n) is 2.73. The largest absolute Gasteiger partial charge is 0.496 e. The van der Waals surface area contributed by atoms with Gasteiger partial charge < -0.3 is 15.2 Å². The highest BCUT2D eigenvalue weighted by atomic mass is 79.9. The van der Waals surface area contributed by atoms with Crippen molar-refractivity contribution in [2.24, 2.45) is 0 Å². The lowest BCUT2D eigenvalue weighted by molar-refractivity contribution is 0.0693. The lowest BCUT2D eigenvalue weighted by Gasteiger charge is -2.11. The lowest BCUT2D eigenvalue weighted by Crippen LogP contribution is -2.13. The molecule has 6 nitrogen and oxygen atoms in total. The van der Waals surface area contributed by atoms with E-state index in [1.165, 1.54) is 25.4 Å². The number of rotatable bonds is 4. The normalized spacial score (nSPS) is 10.1. The SMILES string of the molecule is COc1cc(NC(=O)c2cncc(Br)c2)c(Cl)cc1C(=O)O. The average molecular weight is 386 g/mol. The molecule has 0 spiro atoms. The van der Waals surface area contributed by atoms with Gasteiger partial charge in [0.1, 0.15) is 11.3 Å². The van der Waals surface area contributed by atoms with Crippen molar-refractivity contribution in [2.75, 3.05) is 12.4 Å². The Labute approximate surface area is 139 Å². The second kappa shape index (κ2) is 6.76. The fraction of sp³-hybridized carbons (Fsp3) is 0.0714. The van der Waals surface area contributed by atoms with Gasteiger partial charge >= 0.3 is 5.97 Å². The molecule has 114 valence electrons. The first-order valence-corrected chi connectivity index (χ1v) is 7.12. The quantitative estimate of drug-likeness (QED) is 0.841. The Hall–Kier alpha value is -2.12. The minimum Gasteiger partial charge on any atom is -0.496 e. The first kappa shape index (κ1) is 16.3. The average Bonchev–Trinajstić information content (AvgIpc) is 2.48. The molecule has 0 saturated carbocycles. The molecule has 22 heavy (non-hydrogen) atoms. The number of aromatic nitrogens is 1. The van der Waals surface area contributed by atoms with Crippen LogP contribution in [0.4, 0.5) is 5.69 Å². The number of carboxylic acids is 1. The zero-order chi connectivity index (χ0) is 16.3. The number of nitrogens with one attached hydrogen (secondary N) is 1. The standard InChI is InChI=1S/C14H10BrClN2O4/c1-22-12-4-11(10(16)3-9(12)14(20)21)18-13(19)7-2-8(15)6-17-5-7/h2-6H,1H3,(H,18,19)(H,20,21). The molecule has 0 saturated heterocycles. The summed E-state index contributed by atoms with van der Waals surface area (Å²) in [6.07, 6.45) is 2.95. The number of benzene rings is 1. The number of carbonyl (C=O) groups is 2. The Morgan fingerprint density at radius 2 is 2.05 bits per heavy atom. The van der Waals surface area contributed by atoms with Gasteiger partial charge in [-0.25, -0.2) is 4.79 Å². The van der Waals surface area contributed by atoms with Crippen LogP contribution in [0.3, 0.4) is 0 Å². The molecule has 0 fully saturated rings. The van der Waals surface area contributed by atoms with E-state index in [0.717, 1.165) is 0 Å². The van der Waals surface area contributed by atoms with Gasteiger partial charge in [-0.15, -0.1) is 0 Å². The van der Waals surface area contributed by atoms with Gasteiger partial charge in [0.15, 0.2) is 0 Å². The monoisotopic (exact) mass is 384 g/mol. The Morgan fingerprint density at radius 1 is 1.32 bits per heavy atom. The third-order valence-corrected chi connectivity index (χ3v) is 3.48. The number of methoxy groups -OCH3 is 1. The Bertz CT molecular complexity index is 752. The smallest absolute Gasteiger partial charge is 0.339 e. The van der Waals surface area contributed by atoms with Crippen LogP contribution >= 0.6 is 27.5 Å². The highest BCUT2D eigenvalue weighted by molar-refractivity contribution is 9.10. The molecule has 1 amide bonds. The van der Waals surface area contributed by atoms with E-state index in [2.05, 4.69) is 26.2 Å². The summed E-state index contributed by atoms with van der Waals surface area (Å²) in [6, 6.07) is 4.17. The summed E-state index contributed by atoms with van der Waals surface area (Å²) in [7, 11) is 1.33. The highest BCUT2D eigenvalue weighted by Gasteiger charge is 2.17. The Morgan fingerprint density at radius 3 is 2.64 bits per heavy atom. The molecule has 0 unspecified atom stereocenters. The van der Waals surface area contributed by atoms with E-state index in [-0.39, 0.29) is 22.0 Å². The molecule has 2 aromatic rings. The molecule has 0 radical (unpaired) electrons. The Balaban J connectivity index is 2.33. The minimum absolute atomic E-state index is 0.0883. The van der Waals surface area contributed by atoms with E-state index in [1.807, 2.05) is 0 Å². The van der Waals surface area contributed by atoms with Crippen molar-refractivity contribution in [1.29, 1.82) is 0 Å². The molecular weight excluding hydrogens is 376 g/mol. The maximum Gasteiger partial charge on any atom is 0.339 e. The van der Waals surface area contributed by atoms with Gasteiger partial charge in [-0.2, -0.15) is 0 Å².